The molecule has 2 aromatic carbocycles. The maximum atomic E-state index is 12.0. The highest BCUT2D eigenvalue weighted by Gasteiger charge is 2.45. The number of carbonyl (C=O) groups is 1. The maximum Gasteiger partial charge on any atom is 0.339 e. The summed E-state index contributed by atoms with van der Waals surface area (Å²) in [5.74, 6) is -2.26. The Kier molecular flexibility index (Phi) is 8.17. The van der Waals surface area contributed by atoms with E-state index in [4.69, 9.17) is 9.47 Å². The molecule has 1 unspecified atom stereocenters. The van der Waals surface area contributed by atoms with Crippen LogP contribution in [0.5, 0.6) is 11.5 Å². The van der Waals surface area contributed by atoms with Crippen molar-refractivity contribution in [1.29, 1.82) is 0 Å². The summed E-state index contributed by atoms with van der Waals surface area (Å²) in [6.45, 7) is 7.78. The summed E-state index contributed by atoms with van der Waals surface area (Å²) in [4.78, 5) is 12.0. The summed E-state index contributed by atoms with van der Waals surface area (Å²) in [6, 6.07) is 8.14. The third kappa shape index (κ3) is 5.39. The molecule has 11 heteroatoms. The van der Waals surface area contributed by atoms with E-state index in [1.165, 1.54) is 11.6 Å². The molecular formula is C29H37NO10. The lowest BCUT2D eigenvalue weighted by Crippen LogP contribution is -2.55. The molecule has 5 atom stereocenters. The third-order valence-electron chi connectivity index (χ3n) is 8.22. The van der Waals surface area contributed by atoms with Gasteiger partial charge in [0.15, 0.2) is 0 Å². The largest absolute Gasteiger partial charge is 0.507 e. The minimum Gasteiger partial charge on any atom is -0.507 e. The highest BCUT2D eigenvalue weighted by atomic mass is 16.5. The lowest BCUT2D eigenvalue weighted by Gasteiger charge is -2.42. The molecule has 0 saturated carbocycles. The highest BCUT2D eigenvalue weighted by molar-refractivity contribution is 6.01. The summed E-state index contributed by atoms with van der Waals surface area (Å²) in [5, 5.41) is 73.9. The molecule has 2 aliphatic rings. The highest BCUT2D eigenvalue weighted by Crippen LogP contribution is 2.46. The van der Waals surface area contributed by atoms with Gasteiger partial charge in [0.05, 0.1) is 6.61 Å². The zero-order valence-electron chi connectivity index (χ0n) is 22.9. The standard InChI is InChI=1S/C29H37NO10/c1-28(2)7-8-29(3,4)18-9-14(5-6-17(18)28)19(30-38)13-39-15-10-16(22(27(36)37)20(32)11-15)26-25(35)24(34)23(33)21(12-31)40-26/h5-6,9-11,21,23-26,31-35,38H,7-8,12-13H2,1-4H3,(H,36,37)/b30-19-/t21-,23+,24+,25-,26?/m1/s1. The monoisotopic (exact) mass is 559 g/mol. The number of aromatic hydroxyl groups is 1. The van der Waals surface area contributed by atoms with E-state index in [1.807, 2.05) is 18.2 Å². The predicted octanol–water partition coefficient (Wildman–Crippen LogP) is 2.21. The molecule has 7 N–H and O–H groups in total. The number of rotatable bonds is 7. The van der Waals surface area contributed by atoms with Crippen molar-refractivity contribution in [1.82, 2.24) is 0 Å². The molecular weight excluding hydrogens is 522 g/mol. The molecule has 1 aliphatic heterocycles. The van der Waals surface area contributed by atoms with Crippen LogP contribution in [0.3, 0.4) is 0 Å². The zero-order valence-corrected chi connectivity index (χ0v) is 22.9. The predicted molar refractivity (Wildman–Crippen MR) is 143 cm³/mol. The zero-order chi connectivity index (χ0) is 29.6. The van der Waals surface area contributed by atoms with Crippen LogP contribution in [0, 0.1) is 0 Å². The Morgan fingerprint density at radius 2 is 1.65 bits per heavy atom. The van der Waals surface area contributed by atoms with E-state index in [9.17, 15) is 40.6 Å². The number of carboxylic acid groups (broad SMARTS) is 1. The summed E-state index contributed by atoms with van der Waals surface area (Å²) in [6.07, 6.45) is -5.94. The topological polar surface area (TPSA) is 189 Å². The van der Waals surface area contributed by atoms with Crippen molar-refractivity contribution in [3.8, 4) is 11.5 Å². The van der Waals surface area contributed by atoms with Gasteiger partial charge < -0.3 is 45.3 Å². The Morgan fingerprint density at radius 1 is 1.00 bits per heavy atom. The van der Waals surface area contributed by atoms with Crippen molar-refractivity contribution in [3.05, 3.63) is 58.1 Å². The molecule has 0 aromatic heterocycles. The van der Waals surface area contributed by atoms with Crippen LogP contribution in [0.15, 0.2) is 35.5 Å². The quantitative estimate of drug-likeness (QED) is 0.150. The number of nitrogens with zero attached hydrogens (tertiary/aromatic N) is 1. The second kappa shape index (κ2) is 11.0. The van der Waals surface area contributed by atoms with Crippen LogP contribution in [-0.4, -0.2) is 85.2 Å². The number of aromatic carboxylic acids is 1. The van der Waals surface area contributed by atoms with Crippen LogP contribution in [0.1, 0.15) is 79.3 Å². The van der Waals surface area contributed by atoms with Crippen molar-refractivity contribution in [2.24, 2.45) is 5.16 Å². The van der Waals surface area contributed by atoms with Gasteiger partial charge in [-0.15, -0.1) is 0 Å². The molecule has 218 valence electrons. The van der Waals surface area contributed by atoms with E-state index >= 15 is 0 Å². The SMILES string of the molecule is CC1(C)CCC(C)(C)c2cc(/C(COc3cc(O)c(C(=O)O)c(C4O[C@H](CO)[C@H](O)[C@H](O)[C@H]4O)c3)=N\O)ccc21. The Hall–Kier alpha value is -3.22. The molecule has 40 heavy (non-hydrogen) atoms. The summed E-state index contributed by atoms with van der Waals surface area (Å²) < 4.78 is 11.3. The average Bonchev–Trinajstić information content (AvgIpc) is 2.90. The van der Waals surface area contributed by atoms with Crippen LogP contribution >= 0.6 is 0 Å². The van der Waals surface area contributed by atoms with Gasteiger partial charge in [-0.1, -0.05) is 45.0 Å². The van der Waals surface area contributed by atoms with Crippen molar-refractivity contribution in [2.45, 2.75) is 81.9 Å². The van der Waals surface area contributed by atoms with Gasteiger partial charge in [0.25, 0.3) is 0 Å². The minimum atomic E-state index is -1.77. The number of carboxylic acids is 1. The first-order valence-electron chi connectivity index (χ1n) is 13.1. The maximum absolute atomic E-state index is 12.0. The smallest absolute Gasteiger partial charge is 0.339 e. The van der Waals surface area contributed by atoms with Gasteiger partial charge in [-0.3, -0.25) is 0 Å². The van der Waals surface area contributed by atoms with Gasteiger partial charge in [-0.05, 0) is 46.9 Å². The van der Waals surface area contributed by atoms with Crippen molar-refractivity contribution in [3.63, 3.8) is 0 Å². The van der Waals surface area contributed by atoms with Crippen molar-refractivity contribution >= 4 is 11.7 Å². The lowest BCUT2D eigenvalue weighted by atomic mass is 9.63. The molecule has 1 fully saturated rings. The Bertz CT molecular complexity index is 1300. The number of fused-ring (bicyclic) bond motifs is 1. The number of phenols is 1. The van der Waals surface area contributed by atoms with Gasteiger partial charge >= 0.3 is 5.97 Å². The first-order valence-corrected chi connectivity index (χ1v) is 13.1. The lowest BCUT2D eigenvalue weighted by molar-refractivity contribution is -0.231. The molecule has 0 spiro atoms. The molecule has 4 rings (SSSR count). The summed E-state index contributed by atoms with van der Waals surface area (Å²) in [5.41, 5.74) is 2.28. The minimum absolute atomic E-state index is 0.000624. The van der Waals surface area contributed by atoms with E-state index in [0.29, 0.717) is 5.56 Å². The van der Waals surface area contributed by atoms with Crippen LogP contribution in [0.4, 0.5) is 0 Å². The number of hydrogen-bond donors (Lipinski definition) is 7. The van der Waals surface area contributed by atoms with Gasteiger partial charge in [-0.2, -0.15) is 0 Å². The van der Waals surface area contributed by atoms with E-state index in [2.05, 4.69) is 32.9 Å². The fourth-order valence-electron chi connectivity index (χ4n) is 5.61. The van der Waals surface area contributed by atoms with E-state index in [0.717, 1.165) is 24.5 Å². The number of aliphatic hydroxyl groups excluding tert-OH is 4. The fourth-order valence-corrected chi connectivity index (χ4v) is 5.61. The summed E-state index contributed by atoms with van der Waals surface area (Å²) >= 11 is 0. The first kappa shape index (κ1) is 29.8. The molecule has 1 saturated heterocycles. The van der Waals surface area contributed by atoms with Gasteiger partial charge in [0.2, 0.25) is 0 Å². The van der Waals surface area contributed by atoms with Crippen molar-refractivity contribution in [2.75, 3.05) is 13.2 Å². The van der Waals surface area contributed by atoms with E-state index in [1.54, 1.807) is 0 Å². The second-order valence-electron chi connectivity index (χ2n) is 11.8. The molecule has 2 aromatic rings. The number of benzene rings is 2. The van der Waals surface area contributed by atoms with Crippen LogP contribution < -0.4 is 4.74 Å². The Labute approximate surface area is 231 Å². The molecule has 1 aliphatic carbocycles. The Morgan fingerprint density at radius 3 is 2.25 bits per heavy atom. The van der Waals surface area contributed by atoms with Gasteiger partial charge in [0.1, 0.15) is 59.9 Å². The average molecular weight is 560 g/mol. The number of ether oxygens (including phenoxy) is 2. The molecule has 0 radical (unpaired) electrons. The number of hydrogen-bond acceptors (Lipinski definition) is 10. The molecule has 0 bridgehead atoms. The van der Waals surface area contributed by atoms with Crippen LogP contribution in [0.25, 0.3) is 0 Å². The third-order valence-corrected chi connectivity index (χ3v) is 8.22. The summed E-state index contributed by atoms with van der Waals surface area (Å²) in [7, 11) is 0. The van der Waals surface area contributed by atoms with Crippen LogP contribution in [-0.2, 0) is 15.6 Å². The molecule has 1 heterocycles. The second-order valence-corrected chi connectivity index (χ2v) is 11.8. The van der Waals surface area contributed by atoms with Gasteiger partial charge in [-0.25, -0.2) is 4.79 Å². The number of oxime groups is 1. The fraction of sp³-hybridized carbons (Fsp3) is 0.517. The van der Waals surface area contributed by atoms with E-state index in [-0.39, 0.29) is 34.5 Å². The van der Waals surface area contributed by atoms with E-state index < -0.39 is 54.4 Å². The normalized spacial score (nSPS) is 27.6. The first-order chi connectivity index (χ1) is 18.7. The van der Waals surface area contributed by atoms with Crippen LogP contribution in [0.2, 0.25) is 0 Å². The molecule has 11 nitrogen and oxygen atoms in total. The Balaban J connectivity index is 1.65. The van der Waals surface area contributed by atoms with Gasteiger partial charge in [0, 0.05) is 17.2 Å². The number of aliphatic hydroxyl groups is 4. The molecule has 0 amide bonds. The van der Waals surface area contributed by atoms with Crippen molar-refractivity contribution < 1.29 is 50.1 Å².